The van der Waals surface area contributed by atoms with E-state index in [9.17, 15) is 0 Å². The molecule has 1 saturated carbocycles. The second kappa shape index (κ2) is 14.8. The van der Waals surface area contributed by atoms with Gasteiger partial charge >= 0.3 is 0 Å². The molecule has 0 radical (unpaired) electrons. The van der Waals surface area contributed by atoms with E-state index < -0.39 is 8.80 Å². The molecule has 1 fully saturated rings. The highest BCUT2D eigenvalue weighted by atomic mass is 28.3. The van der Waals surface area contributed by atoms with Crippen LogP contribution in [0, 0.1) is 5.92 Å². The average Bonchev–Trinajstić information content (AvgIpc) is 3.63. The molecule has 1 aliphatic carbocycles. The first-order chi connectivity index (χ1) is 15.4. The van der Waals surface area contributed by atoms with Gasteiger partial charge in [-0.05, 0) is 11.1 Å². The van der Waals surface area contributed by atoms with Crippen LogP contribution in [0.15, 0.2) is 60.7 Å². The van der Waals surface area contributed by atoms with Gasteiger partial charge in [0.1, 0.15) is 8.80 Å². The van der Waals surface area contributed by atoms with Gasteiger partial charge in [-0.3, -0.25) is 0 Å². The molecule has 0 aliphatic heterocycles. The Hall–Kier alpha value is -1.13. The molecule has 170 valence electrons. The molecule has 2 aromatic rings. The smallest absolute Gasteiger partial charge is 0.0654 e. The number of unbranched alkanes of at least 4 members (excludes halogenated alkanes) is 9. The molecule has 0 saturated heterocycles. The van der Waals surface area contributed by atoms with Crippen LogP contribution in [0.4, 0.5) is 0 Å². The molecule has 2 heteroatoms. The lowest BCUT2D eigenvalue weighted by molar-refractivity contribution is 0.562. The van der Waals surface area contributed by atoms with E-state index in [-0.39, 0.29) is 9.52 Å². The highest BCUT2D eigenvalue weighted by molar-refractivity contribution is 6.91. The summed E-state index contributed by atoms with van der Waals surface area (Å²) in [6.45, 7) is 2.31. The monoisotopic (exact) mass is 450 g/mol. The zero-order valence-corrected chi connectivity index (χ0v) is 22.7. The molecule has 0 amide bonds. The lowest BCUT2D eigenvalue weighted by Gasteiger charge is -2.27. The van der Waals surface area contributed by atoms with Gasteiger partial charge in [-0.1, -0.05) is 167 Å². The van der Waals surface area contributed by atoms with Gasteiger partial charge in [0.2, 0.25) is 0 Å². The quantitative estimate of drug-likeness (QED) is 0.187. The molecule has 31 heavy (non-hydrogen) atoms. The molecule has 0 aromatic heterocycles. The summed E-state index contributed by atoms with van der Waals surface area (Å²) in [4.78, 5) is 0. The van der Waals surface area contributed by atoms with Crippen molar-refractivity contribution in [1.82, 2.24) is 0 Å². The van der Waals surface area contributed by atoms with Crippen molar-refractivity contribution in [1.29, 1.82) is 0 Å². The maximum atomic E-state index is 2.44. The van der Waals surface area contributed by atoms with Crippen LogP contribution >= 0.6 is 0 Å². The minimum atomic E-state index is -1.10. The molecule has 1 atom stereocenters. The van der Waals surface area contributed by atoms with E-state index in [4.69, 9.17) is 0 Å². The summed E-state index contributed by atoms with van der Waals surface area (Å²) < 4.78 is 0. The Labute approximate surface area is 196 Å². The standard InChI is InChI=1S/C29H46Si2/c1-2-3-4-5-6-7-8-9-10-17-24-30-29(25-26-22-23-26)31(27-18-13-11-14-19-27)28-20-15-12-16-21-28/h11-16,18-21,26,29,31H,2-10,17,22-25,30H2,1H3/t29-/m1/s1. The van der Waals surface area contributed by atoms with Crippen LogP contribution in [0.3, 0.4) is 0 Å². The first-order valence-corrected chi connectivity index (χ1v) is 17.1. The third kappa shape index (κ3) is 9.49. The van der Waals surface area contributed by atoms with Crippen LogP contribution in [-0.2, 0) is 0 Å². The number of hydrogen-bond donors (Lipinski definition) is 0. The van der Waals surface area contributed by atoms with Gasteiger partial charge in [0, 0.05) is 9.52 Å². The zero-order valence-electron chi connectivity index (χ0n) is 20.1. The van der Waals surface area contributed by atoms with Gasteiger partial charge in [-0.25, -0.2) is 0 Å². The predicted octanol–water partition coefficient (Wildman–Crippen LogP) is 6.66. The van der Waals surface area contributed by atoms with E-state index in [0.717, 1.165) is 11.1 Å². The van der Waals surface area contributed by atoms with Gasteiger partial charge in [0.05, 0.1) is 0 Å². The molecule has 0 bridgehead atoms. The summed E-state index contributed by atoms with van der Waals surface area (Å²) in [5.41, 5.74) is 0. The van der Waals surface area contributed by atoms with Crippen LogP contribution < -0.4 is 10.4 Å². The first kappa shape index (κ1) is 24.5. The fraction of sp³-hybridized carbons (Fsp3) is 0.586. The molecule has 1 aliphatic rings. The lowest BCUT2D eigenvalue weighted by Crippen LogP contribution is -2.47. The SMILES string of the molecule is CCCCCCCCCCCC[SiH2][C@@H](CC1CC1)[SiH](c1ccccc1)c1ccccc1. The molecular formula is C29H46Si2. The van der Waals surface area contributed by atoms with Crippen LogP contribution in [0.25, 0.3) is 0 Å². The molecule has 0 spiro atoms. The van der Waals surface area contributed by atoms with E-state index >= 15 is 0 Å². The number of hydrogen-bond acceptors (Lipinski definition) is 0. The van der Waals surface area contributed by atoms with E-state index in [0.29, 0.717) is 0 Å². The topological polar surface area (TPSA) is 0 Å². The van der Waals surface area contributed by atoms with Gasteiger partial charge in [-0.15, -0.1) is 0 Å². The van der Waals surface area contributed by atoms with Crippen molar-refractivity contribution >= 4 is 28.7 Å². The van der Waals surface area contributed by atoms with Gasteiger partial charge in [0.15, 0.2) is 0 Å². The van der Waals surface area contributed by atoms with Crippen molar-refractivity contribution in [2.75, 3.05) is 0 Å². The van der Waals surface area contributed by atoms with Crippen LogP contribution in [0.5, 0.6) is 0 Å². The summed E-state index contributed by atoms with van der Waals surface area (Å²) in [6, 6.07) is 24.8. The van der Waals surface area contributed by atoms with Gasteiger partial charge in [-0.2, -0.15) is 0 Å². The Morgan fingerprint density at radius 2 is 1.19 bits per heavy atom. The summed E-state index contributed by atoms with van der Waals surface area (Å²) in [5, 5.41) is 4.45. The maximum Gasteiger partial charge on any atom is 0.103 e. The minimum absolute atomic E-state index is 0.00439. The van der Waals surface area contributed by atoms with Crippen LogP contribution in [0.2, 0.25) is 11.2 Å². The molecular weight excluding hydrogens is 404 g/mol. The third-order valence-electron chi connectivity index (χ3n) is 7.30. The number of rotatable bonds is 17. The second-order valence-electron chi connectivity index (χ2n) is 10.1. The summed E-state index contributed by atoms with van der Waals surface area (Å²) in [6.07, 6.45) is 19.2. The average molecular weight is 451 g/mol. The summed E-state index contributed by atoms with van der Waals surface area (Å²) in [5.74, 6) is 1.06. The summed E-state index contributed by atoms with van der Waals surface area (Å²) >= 11 is 0. The Morgan fingerprint density at radius 1 is 0.710 bits per heavy atom. The van der Waals surface area contributed by atoms with E-state index in [1.807, 2.05) is 0 Å². The predicted molar refractivity (Wildman–Crippen MR) is 146 cm³/mol. The van der Waals surface area contributed by atoms with E-state index in [1.54, 1.807) is 22.8 Å². The highest BCUT2D eigenvalue weighted by Crippen LogP contribution is 2.38. The lowest BCUT2D eigenvalue weighted by atomic mass is 10.1. The van der Waals surface area contributed by atoms with Crippen LogP contribution in [0.1, 0.15) is 90.4 Å². The second-order valence-corrected chi connectivity index (χ2v) is 16.6. The van der Waals surface area contributed by atoms with Gasteiger partial charge in [0.25, 0.3) is 0 Å². The van der Waals surface area contributed by atoms with E-state index in [1.165, 1.54) is 77.0 Å². The molecule has 2 aromatic carbocycles. The van der Waals surface area contributed by atoms with Gasteiger partial charge < -0.3 is 0 Å². The molecule has 3 rings (SSSR count). The highest BCUT2D eigenvalue weighted by Gasteiger charge is 2.32. The summed E-state index contributed by atoms with van der Waals surface area (Å²) in [7, 11) is -1.11. The first-order valence-electron chi connectivity index (χ1n) is 13.5. The van der Waals surface area contributed by atoms with Crippen molar-refractivity contribution in [2.24, 2.45) is 5.92 Å². The van der Waals surface area contributed by atoms with E-state index in [2.05, 4.69) is 67.6 Å². The van der Waals surface area contributed by atoms with Crippen molar-refractivity contribution < 1.29 is 0 Å². The fourth-order valence-electron chi connectivity index (χ4n) is 5.33. The zero-order chi connectivity index (χ0) is 21.6. The van der Waals surface area contributed by atoms with Crippen molar-refractivity contribution in [2.45, 2.75) is 102 Å². The Balaban J connectivity index is 1.46. The van der Waals surface area contributed by atoms with Crippen molar-refractivity contribution in [3.63, 3.8) is 0 Å². The Morgan fingerprint density at radius 3 is 1.68 bits per heavy atom. The van der Waals surface area contributed by atoms with Crippen molar-refractivity contribution in [3.05, 3.63) is 60.7 Å². The fourth-order valence-corrected chi connectivity index (χ4v) is 14.3. The minimum Gasteiger partial charge on any atom is -0.0654 e. The molecule has 0 N–H and O–H groups in total. The third-order valence-corrected chi connectivity index (χ3v) is 15.1. The Kier molecular flexibility index (Phi) is 11.7. The Bertz CT molecular complexity index is 641. The normalized spacial score (nSPS) is 15.2. The largest absolute Gasteiger partial charge is 0.103 e. The molecule has 0 heterocycles. The van der Waals surface area contributed by atoms with Crippen molar-refractivity contribution in [3.8, 4) is 0 Å². The molecule has 0 nitrogen and oxygen atoms in total. The molecule has 0 unspecified atom stereocenters. The van der Waals surface area contributed by atoms with Crippen LogP contribution in [-0.4, -0.2) is 18.3 Å². The maximum absolute atomic E-state index is 2.44. The number of benzene rings is 2.